The summed E-state index contributed by atoms with van der Waals surface area (Å²) in [6.07, 6.45) is 0.691. The Morgan fingerprint density at radius 1 is 1.09 bits per heavy atom. The summed E-state index contributed by atoms with van der Waals surface area (Å²) >= 11 is 11.9. The second-order valence-corrected chi connectivity index (χ2v) is 6.44. The Bertz CT molecular complexity index is 686. The van der Waals surface area contributed by atoms with Gasteiger partial charge in [0, 0.05) is 12.2 Å². The van der Waals surface area contributed by atoms with Gasteiger partial charge < -0.3 is 10.6 Å². The third-order valence-electron chi connectivity index (χ3n) is 3.51. The average Bonchev–Trinajstić information content (AvgIpc) is 2.51. The highest BCUT2D eigenvalue weighted by molar-refractivity contribution is 6.42. The highest BCUT2D eigenvalue weighted by Crippen LogP contribution is 2.24. The molecule has 2 amide bonds. The van der Waals surface area contributed by atoms with Crippen LogP contribution in [0.25, 0.3) is 0 Å². The van der Waals surface area contributed by atoms with E-state index in [1.807, 2.05) is 36.4 Å². The fraction of sp³-hybridized carbons (Fsp3) is 0.278. The van der Waals surface area contributed by atoms with E-state index in [2.05, 4.69) is 24.5 Å². The largest absolute Gasteiger partial charge is 0.338 e. The summed E-state index contributed by atoms with van der Waals surface area (Å²) in [4.78, 5) is 12.0. The molecule has 0 radical (unpaired) electrons. The van der Waals surface area contributed by atoms with Gasteiger partial charge in [0.15, 0.2) is 0 Å². The van der Waals surface area contributed by atoms with Crippen molar-refractivity contribution >= 4 is 34.9 Å². The average molecular weight is 351 g/mol. The lowest BCUT2D eigenvalue weighted by molar-refractivity contribution is 0.252. The van der Waals surface area contributed by atoms with E-state index in [1.54, 1.807) is 6.07 Å². The van der Waals surface area contributed by atoms with E-state index < -0.39 is 0 Å². The minimum Gasteiger partial charge on any atom is -0.338 e. The predicted molar refractivity (Wildman–Crippen MR) is 97.7 cm³/mol. The summed E-state index contributed by atoms with van der Waals surface area (Å²) in [5.41, 5.74) is 2.99. The van der Waals surface area contributed by atoms with Crippen LogP contribution in [-0.2, 0) is 6.42 Å². The zero-order valence-corrected chi connectivity index (χ0v) is 14.7. The quantitative estimate of drug-likeness (QED) is 0.736. The van der Waals surface area contributed by atoms with Crippen LogP contribution in [0.4, 0.5) is 10.5 Å². The molecule has 0 fully saturated rings. The van der Waals surface area contributed by atoms with Gasteiger partial charge in [0.2, 0.25) is 0 Å². The van der Waals surface area contributed by atoms with Gasteiger partial charge in [-0.1, -0.05) is 61.3 Å². The molecule has 0 atom stereocenters. The van der Waals surface area contributed by atoms with Crippen molar-refractivity contribution in [3.63, 3.8) is 0 Å². The van der Waals surface area contributed by atoms with Gasteiger partial charge in [0.25, 0.3) is 0 Å². The molecule has 23 heavy (non-hydrogen) atoms. The molecule has 3 nitrogen and oxygen atoms in total. The Morgan fingerprint density at radius 2 is 1.83 bits per heavy atom. The molecule has 0 aliphatic carbocycles. The van der Waals surface area contributed by atoms with Crippen molar-refractivity contribution < 1.29 is 4.79 Å². The molecule has 122 valence electrons. The smallest absolute Gasteiger partial charge is 0.319 e. The molecule has 0 unspecified atom stereocenters. The third-order valence-corrected chi connectivity index (χ3v) is 4.25. The molecule has 2 N–H and O–H groups in total. The van der Waals surface area contributed by atoms with Gasteiger partial charge in [0.1, 0.15) is 0 Å². The first kappa shape index (κ1) is 17.6. The van der Waals surface area contributed by atoms with Crippen molar-refractivity contribution in [2.75, 3.05) is 11.9 Å². The SMILES string of the molecule is CC(C)c1ccccc1NC(=O)NCCc1ccc(Cl)c(Cl)c1. The maximum atomic E-state index is 12.0. The molecule has 0 saturated carbocycles. The van der Waals surface area contributed by atoms with Crippen LogP contribution in [0.15, 0.2) is 42.5 Å². The van der Waals surface area contributed by atoms with Crippen LogP contribution in [0.5, 0.6) is 0 Å². The summed E-state index contributed by atoms with van der Waals surface area (Å²) in [7, 11) is 0. The van der Waals surface area contributed by atoms with Crippen LogP contribution in [0.1, 0.15) is 30.9 Å². The second-order valence-electron chi connectivity index (χ2n) is 5.62. The molecule has 0 aliphatic heterocycles. The van der Waals surface area contributed by atoms with Gasteiger partial charge >= 0.3 is 6.03 Å². The third kappa shape index (κ3) is 5.15. The first-order valence-electron chi connectivity index (χ1n) is 7.55. The van der Waals surface area contributed by atoms with E-state index in [9.17, 15) is 4.79 Å². The molecule has 5 heteroatoms. The van der Waals surface area contributed by atoms with Gasteiger partial charge in [0.05, 0.1) is 10.0 Å². The Balaban J connectivity index is 1.87. The molecule has 0 heterocycles. The van der Waals surface area contributed by atoms with Crippen LogP contribution in [0.3, 0.4) is 0 Å². The summed E-state index contributed by atoms with van der Waals surface area (Å²) in [6.45, 7) is 4.72. The molecule has 2 aromatic rings. The lowest BCUT2D eigenvalue weighted by Gasteiger charge is -2.14. The topological polar surface area (TPSA) is 41.1 Å². The van der Waals surface area contributed by atoms with Gasteiger partial charge in [-0.15, -0.1) is 0 Å². The van der Waals surface area contributed by atoms with Crippen molar-refractivity contribution in [3.8, 4) is 0 Å². The highest BCUT2D eigenvalue weighted by Gasteiger charge is 2.08. The van der Waals surface area contributed by atoms with E-state index in [-0.39, 0.29) is 6.03 Å². The Labute approximate surface area is 147 Å². The van der Waals surface area contributed by atoms with Crippen molar-refractivity contribution in [3.05, 3.63) is 63.6 Å². The van der Waals surface area contributed by atoms with E-state index in [0.717, 1.165) is 16.8 Å². The monoisotopic (exact) mass is 350 g/mol. The zero-order chi connectivity index (χ0) is 16.8. The number of hydrogen-bond donors (Lipinski definition) is 2. The van der Waals surface area contributed by atoms with Gasteiger partial charge in [-0.3, -0.25) is 0 Å². The summed E-state index contributed by atoms with van der Waals surface area (Å²) in [5, 5.41) is 6.82. The van der Waals surface area contributed by atoms with Crippen molar-refractivity contribution in [1.82, 2.24) is 5.32 Å². The number of nitrogens with one attached hydrogen (secondary N) is 2. The number of anilines is 1. The maximum Gasteiger partial charge on any atom is 0.319 e. The number of rotatable bonds is 5. The number of benzene rings is 2. The number of carbonyl (C=O) groups is 1. The fourth-order valence-corrected chi connectivity index (χ4v) is 2.62. The van der Waals surface area contributed by atoms with Gasteiger partial charge in [-0.2, -0.15) is 0 Å². The van der Waals surface area contributed by atoms with Crippen LogP contribution in [0.2, 0.25) is 10.0 Å². The van der Waals surface area contributed by atoms with E-state index >= 15 is 0 Å². The standard InChI is InChI=1S/C18H20Cl2N2O/c1-12(2)14-5-3-4-6-17(14)22-18(23)21-10-9-13-7-8-15(19)16(20)11-13/h3-8,11-12H,9-10H2,1-2H3,(H2,21,22,23). The van der Waals surface area contributed by atoms with Gasteiger partial charge in [-0.05, 0) is 41.7 Å². The summed E-state index contributed by atoms with van der Waals surface area (Å²) in [5.74, 6) is 0.350. The van der Waals surface area contributed by atoms with Crippen molar-refractivity contribution in [2.45, 2.75) is 26.2 Å². The van der Waals surface area contributed by atoms with Crippen molar-refractivity contribution in [2.24, 2.45) is 0 Å². The highest BCUT2D eigenvalue weighted by atomic mass is 35.5. The van der Waals surface area contributed by atoms with Crippen LogP contribution >= 0.6 is 23.2 Å². The number of halogens is 2. The molecule has 0 saturated heterocycles. The second kappa shape index (κ2) is 8.23. The molecular weight excluding hydrogens is 331 g/mol. The van der Waals surface area contributed by atoms with Crippen molar-refractivity contribution in [1.29, 1.82) is 0 Å². The van der Waals surface area contributed by atoms with E-state index in [4.69, 9.17) is 23.2 Å². The zero-order valence-electron chi connectivity index (χ0n) is 13.2. The first-order chi connectivity index (χ1) is 11.0. The number of hydrogen-bond acceptors (Lipinski definition) is 1. The van der Waals surface area contributed by atoms with E-state index in [1.165, 1.54) is 0 Å². The lowest BCUT2D eigenvalue weighted by atomic mass is 10.0. The Kier molecular flexibility index (Phi) is 6.31. The predicted octanol–water partition coefficient (Wildman–Crippen LogP) is 5.48. The number of amides is 2. The molecule has 0 bridgehead atoms. The van der Waals surface area contributed by atoms with Crippen LogP contribution < -0.4 is 10.6 Å². The molecule has 2 aromatic carbocycles. The van der Waals surface area contributed by atoms with E-state index in [0.29, 0.717) is 28.9 Å². The molecule has 2 rings (SSSR count). The normalized spacial score (nSPS) is 10.7. The molecular formula is C18H20Cl2N2O. The summed E-state index contributed by atoms with van der Waals surface area (Å²) in [6, 6.07) is 13.1. The Hall–Kier alpha value is -1.71. The minimum absolute atomic E-state index is 0.210. The Morgan fingerprint density at radius 3 is 2.52 bits per heavy atom. The molecule has 0 spiro atoms. The number of para-hydroxylation sites is 1. The number of urea groups is 1. The maximum absolute atomic E-state index is 12.0. The van der Waals surface area contributed by atoms with Gasteiger partial charge in [-0.25, -0.2) is 4.79 Å². The number of carbonyl (C=O) groups excluding carboxylic acids is 1. The fourth-order valence-electron chi connectivity index (χ4n) is 2.30. The molecule has 0 aromatic heterocycles. The minimum atomic E-state index is -0.210. The van der Waals surface area contributed by atoms with Crippen LogP contribution in [-0.4, -0.2) is 12.6 Å². The summed E-state index contributed by atoms with van der Waals surface area (Å²) < 4.78 is 0. The first-order valence-corrected chi connectivity index (χ1v) is 8.30. The molecule has 0 aliphatic rings. The lowest BCUT2D eigenvalue weighted by Crippen LogP contribution is -2.30. The van der Waals surface area contributed by atoms with Crippen LogP contribution in [0, 0.1) is 0 Å².